The Balaban J connectivity index is 1.25. The molecule has 1 fully saturated rings. The van der Waals surface area contributed by atoms with Crippen molar-refractivity contribution in [3.63, 3.8) is 0 Å². The third-order valence-electron chi connectivity index (χ3n) is 6.30. The minimum atomic E-state index is -0.699. The van der Waals surface area contributed by atoms with Gasteiger partial charge in [0.15, 0.2) is 5.13 Å². The van der Waals surface area contributed by atoms with E-state index < -0.39 is 5.97 Å². The number of hydrogen-bond acceptors (Lipinski definition) is 5. The van der Waals surface area contributed by atoms with Crippen molar-refractivity contribution in [2.24, 2.45) is 5.92 Å². The molecule has 0 radical (unpaired) electrons. The van der Waals surface area contributed by atoms with Crippen molar-refractivity contribution in [3.8, 4) is 28.1 Å². The van der Waals surface area contributed by atoms with E-state index in [0.717, 1.165) is 43.9 Å². The Morgan fingerprint density at radius 1 is 1.00 bits per heavy atom. The van der Waals surface area contributed by atoms with Crippen LogP contribution in [0.4, 0.5) is 5.13 Å². The molecule has 1 aliphatic heterocycles. The molecule has 0 saturated carbocycles. The molecule has 5 rings (SSSR count). The third-order valence-corrected chi connectivity index (χ3v) is 7.45. The number of carboxylic acids is 1. The maximum Gasteiger partial charge on any atom is 0.306 e. The van der Waals surface area contributed by atoms with Crippen LogP contribution in [0.15, 0.2) is 78.2 Å². The summed E-state index contributed by atoms with van der Waals surface area (Å²) < 4.78 is 6.20. The molecule has 0 spiro atoms. The zero-order valence-corrected chi connectivity index (χ0v) is 20.6. The lowest BCUT2D eigenvalue weighted by Crippen LogP contribution is -2.36. The lowest BCUT2D eigenvalue weighted by atomic mass is 9.97. The molecule has 0 bridgehead atoms. The van der Waals surface area contributed by atoms with Gasteiger partial charge in [0.05, 0.1) is 11.6 Å². The molecule has 1 saturated heterocycles. The molecule has 0 unspecified atom stereocenters. The molecule has 0 aliphatic carbocycles. The Bertz CT molecular complexity index is 1300. The summed E-state index contributed by atoms with van der Waals surface area (Å²) in [5.41, 5.74) is 5.16. The molecule has 1 N–H and O–H groups in total. The van der Waals surface area contributed by atoms with Crippen molar-refractivity contribution < 1.29 is 14.6 Å². The van der Waals surface area contributed by atoms with Gasteiger partial charge in [-0.05, 0) is 53.8 Å². The Kier molecular flexibility index (Phi) is 7.02. The van der Waals surface area contributed by atoms with Crippen LogP contribution in [0.2, 0.25) is 5.02 Å². The number of thiazole rings is 1. The van der Waals surface area contributed by atoms with E-state index >= 15 is 0 Å². The van der Waals surface area contributed by atoms with Gasteiger partial charge in [0, 0.05) is 29.1 Å². The van der Waals surface area contributed by atoms with E-state index in [9.17, 15) is 9.90 Å². The molecule has 1 aromatic heterocycles. The van der Waals surface area contributed by atoms with Gasteiger partial charge in [0.25, 0.3) is 0 Å². The average Bonchev–Trinajstić information content (AvgIpc) is 3.39. The number of nitrogens with zero attached hydrogens (tertiary/aromatic N) is 2. The number of hydrogen-bond donors (Lipinski definition) is 1. The fourth-order valence-electron chi connectivity index (χ4n) is 4.25. The molecule has 2 heterocycles. The van der Waals surface area contributed by atoms with Crippen LogP contribution < -0.4 is 9.64 Å². The number of halogens is 1. The maximum atomic E-state index is 11.2. The number of piperidine rings is 1. The van der Waals surface area contributed by atoms with E-state index in [0.29, 0.717) is 32.5 Å². The first-order valence-corrected chi connectivity index (χ1v) is 12.8. The van der Waals surface area contributed by atoms with Gasteiger partial charge in [0.2, 0.25) is 0 Å². The van der Waals surface area contributed by atoms with E-state index in [-0.39, 0.29) is 5.92 Å². The first kappa shape index (κ1) is 23.4. The summed E-state index contributed by atoms with van der Waals surface area (Å²) in [6, 6.07) is 24.1. The van der Waals surface area contributed by atoms with Crippen LogP contribution in [-0.2, 0) is 11.4 Å². The number of anilines is 1. The monoisotopic (exact) mass is 504 g/mol. The highest BCUT2D eigenvalue weighted by Crippen LogP contribution is 2.35. The Hall–Kier alpha value is -3.35. The summed E-state index contributed by atoms with van der Waals surface area (Å²) >= 11 is 7.58. The van der Waals surface area contributed by atoms with E-state index in [1.54, 1.807) is 11.3 Å². The number of para-hydroxylation sites is 1. The zero-order chi connectivity index (χ0) is 24.2. The molecule has 5 nitrogen and oxygen atoms in total. The van der Waals surface area contributed by atoms with Crippen LogP contribution in [0.5, 0.6) is 5.75 Å². The summed E-state index contributed by atoms with van der Waals surface area (Å²) in [4.78, 5) is 18.3. The second-order valence-corrected chi connectivity index (χ2v) is 9.88. The largest absolute Gasteiger partial charge is 0.488 e. The molecule has 178 valence electrons. The number of aliphatic carboxylic acids is 1. The molecular formula is C28H25ClN2O3S. The van der Waals surface area contributed by atoms with Crippen molar-refractivity contribution in [1.29, 1.82) is 0 Å². The second kappa shape index (κ2) is 10.5. The summed E-state index contributed by atoms with van der Waals surface area (Å²) in [5.74, 6) is -0.161. The standard InChI is InChI=1S/C28H25ClN2O3S/c29-23-11-9-21(10-12-23)20-7-5-19(6-8-20)17-34-26-4-2-1-3-24(26)25-18-35-28(30-25)31-15-13-22(14-16-31)27(32)33/h1-12,18,22H,13-17H2,(H,32,33). The molecule has 35 heavy (non-hydrogen) atoms. The van der Waals surface area contributed by atoms with Gasteiger partial charge in [-0.1, -0.05) is 60.1 Å². The SMILES string of the molecule is O=C(O)C1CCN(c2nc(-c3ccccc3OCc3ccc(-c4ccc(Cl)cc4)cc3)cs2)CC1. The maximum absolute atomic E-state index is 11.2. The first-order chi connectivity index (χ1) is 17.1. The van der Waals surface area contributed by atoms with E-state index in [2.05, 4.69) is 29.2 Å². The fraction of sp³-hybridized carbons (Fsp3) is 0.214. The van der Waals surface area contributed by atoms with Crippen molar-refractivity contribution in [3.05, 3.63) is 88.8 Å². The third kappa shape index (κ3) is 5.50. The Morgan fingerprint density at radius 3 is 2.34 bits per heavy atom. The van der Waals surface area contributed by atoms with Gasteiger partial charge in [0.1, 0.15) is 12.4 Å². The number of carbonyl (C=O) groups is 1. The van der Waals surface area contributed by atoms with Crippen molar-refractivity contribution in [2.75, 3.05) is 18.0 Å². The fourth-order valence-corrected chi connectivity index (χ4v) is 5.26. The normalized spacial score (nSPS) is 14.1. The minimum Gasteiger partial charge on any atom is -0.488 e. The quantitative estimate of drug-likeness (QED) is 0.293. The summed E-state index contributed by atoms with van der Waals surface area (Å²) in [7, 11) is 0. The van der Waals surface area contributed by atoms with Gasteiger partial charge < -0.3 is 14.7 Å². The zero-order valence-electron chi connectivity index (χ0n) is 19.1. The van der Waals surface area contributed by atoms with Gasteiger partial charge in [-0.15, -0.1) is 11.3 Å². The van der Waals surface area contributed by atoms with Gasteiger partial charge in [-0.25, -0.2) is 4.98 Å². The summed E-state index contributed by atoms with van der Waals surface area (Å²) in [6.45, 7) is 1.89. The summed E-state index contributed by atoms with van der Waals surface area (Å²) in [5, 5.41) is 12.9. The molecule has 1 aliphatic rings. The molecule has 7 heteroatoms. The molecule has 4 aromatic rings. The number of aromatic nitrogens is 1. The number of ether oxygens (including phenoxy) is 1. The van der Waals surface area contributed by atoms with E-state index in [1.165, 1.54) is 0 Å². The molecule has 0 amide bonds. The highest BCUT2D eigenvalue weighted by Gasteiger charge is 2.26. The first-order valence-electron chi connectivity index (χ1n) is 11.6. The predicted molar refractivity (Wildman–Crippen MR) is 141 cm³/mol. The van der Waals surface area contributed by atoms with Crippen molar-refractivity contribution in [1.82, 2.24) is 4.98 Å². The topological polar surface area (TPSA) is 62.7 Å². The second-order valence-electron chi connectivity index (χ2n) is 8.60. The van der Waals surface area contributed by atoms with Crippen LogP contribution in [-0.4, -0.2) is 29.1 Å². The van der Waals surface area contributed by atoms with Crippen LogP contribution in [0.3, 0.4) is 0 Å². The predicted octanol–water partition coefficient (Wildman–Crippen LogP) is 7.01. The van der Waals surface area contributed by atoms with Gasteiger partial charge >= 0.3 is 5.97 Å². The van der Waals surface area contributed by atoms with Crippen LogP contribution in [0, 0.1) is 5.92 Å². The van der Waals surface area contributed by atoms with E-state index in [1.807, 2.05) is 53.9 Å². The van der Waals surface area contributed by atoms with Gasteiger partial charge in [-0.2, -0.15) is 0 Å². The van der Waals surface area contributed by atoms with Crippen molar-refractivity contribution >= 4 is 34.0 Å². The van der Waals surface area contributed by atoms with Gasteiger partial charge in [-0.3, -0.25) is 4.79 Å². The highest BCUT2D eigenvalue weighted by atomic mass is 35.5. The molecule has 3 aromatic carbocycles. The number of benzene rings is 3. The number of carboxylic acid groups (broad SMARTS) is 1. The molecular weight excluding hydrogens is 480 g/mol. The van der Waals surface area contributed by atoms with E-state index in [4.69, 9.17) is 21.3 Å². The smallest absolute Gasteiger partial charge is 0.306 e. The van der Waals surface area contributed by atoms with Crippen LogP contribution >= 0.6 is 22.9 Å². The van der Waals surface area contributed by atoms with Crippen molar-refractivity contribution in [2.45, 2.75) is 19.4 Å². The van der Waals surface area contributed by atoms with Crippen LogP contribution in [0.1, 0.15) is 18.4 Å². The molecule has 0 atom stereocenters. The average molecular weight is 505 g/mol. The minimum absolute atomic E-state index is 0.250. The number of rotatable bonds is 7. The Morgan fingerprint density at radius 2 is 1.66 bits per heavy atom. The Labute approximate surface area is 213 Å². The lowest BCUT2D eigenvalue weighted by molar-refractivity contribution is -0.142. The lowest BCUT2D eigenvalue weighted by Gasteiger charge is -2.29. The highest BCUT2D eigenvalue weighted by molar-refractivity contribution is 7.14. The van der Waals surface area contributed by atoms with Crippen LogP contribution in [0.25, 0.3) is 22.4 Å². The summed E-state index contributed by atoms with van der Waals surface area (Å²) in [6.07, 6.45) is 1.31.